The van der Waals surface area contributed by atoms with Gasteiger partial charge in [-0.1, -0.05) is 0 Å². The Morgan fingerprint density at radius 2 is 2.18 bits per heavy atom. The number of nitrogens with zero attached hydrogens (tertiary/aromatic N) is 1. The van der Waals surface area contributed by atoms with Gasteiger partial charge in [-0.05, 0) is 0 Å². The molecule has 3 amide bonds. The Bertz CT molecular complexity index is 235. The fourth-order valence-corrected chi connectivity index (χ4v) is 0.617. The van der Waals surface area contributed by atoms with Crippen molar-refractivity contribution >= 4 is 11.9 Å². The molecule has 0 aromatic heterocycles. The molecule has 0 saturated carbocycles. The van der Waals surface area contributed by atoms with Gasteiger partial charge in [-0.25, -0.2) is 4.79 Å². The SMILES string of the molecule is NC(=O)C1=CN(C(N)=O)CO1. The van der Waals surface area contributed by atoms with Crippen LogP contribution >= 0.6 is 0 Å². The van der Waals surface area contributed by atoms with E-state index in [4.69, 9.17) is 16.2 Å². The maximum atomic E-state index is 10.4. The summed E-state index contributed by atoms with van der Waals surface area (Å²) in [4.78, 5) is 21.9. The van der Waals surface area contributed by atoms with Crippen LogP contribution in [0.15, 0.2) is 12.0 Å². The molecule has 0 atom stereocenters. The lowest BCUT2D eigenvalue weighted by Crippen LogP contribution is -2.29. The Morgan fingerprint density at radius 3 is 2.45 bits per heavy atom. The number of hydrogen-bond acceptors (Lipinski definition) is 3. The molecule has 1 aliphatic heterocycles. The molecule has 0 spiro atoms. The van der Waals surface area contributed by atoms with Crippen molar-refractivity contribution in [1.29, 1.82) is 0 Å². The van der Waals surface area contributed by atoms with E-state index in [1.807, 2.05) is 0 Å². The van der Waals surface area contributed by atoms with E-state index in [-0.39, 0.29) is 12.5 Å². The summed E-state index contributed by atoms with van der Waals surface area (Å²) in [6, 6.07) is -0.679. The fourth-order valence-electron chi connectivity index (χ4n) is 0.617. The maximum absolute atomic E-state index is 10.4. The van der Waals surface area contributed by atoms with Crippen LogP contribution in [-0.2, 0) is 9.53 Å². The quantitative estimate of drug-likeness (QED) is 0.493. The molecule has 0 unspecified atom stereocenters. The molecule has 6 nitrogen and oxygen atoms in total. The first-order valence-corrected chi connectivity index (χ1v) is 2.82. The van der Waals surface area contributed by atoms with E-state index in [0.29, 0.717) is 0 Å². The van der Waals surface area contributed by atoms with Crippen molar-refractivity contribution in [2.24, 2.45) is 11.5 Å². The molecule has 0 aromatic rings. The summed E-state index contributed by atoms with van der Waals surface area (Å²) >= 11 is 0. The molecule has 1 heterocycles. The Kier molecular flexibility index (Phi) is 1.67. The fraction of sp³-hybridized carbons (Fsp3) is 0.200. The predicted octanol–water partition coefficient (Wildman–Crippen LogP) is -1.32. The topological polar surface area (TPSA) is 98.7 Å². The van der Waals surface area contributed by atoms with E-state index in [2.05, 4.69) is 0 Å². The van der Waals surface area contributed by atoms with Crippen molar-refractivity contribution < 1.29 is 14.3 Å². The lowest BCUT2D eigenvalue weighted by atomic mass is 10.5. The Balaban J connectivity index is 2.68. The van der Waals surface area contributed by atoms with Gasteiger partial charge < -0.3 is 16.2 Å². The van der Waals surface area contributed by atoms with Crippen molar-refractivity contribution in [3.63, 3.8) is 0 Å². The Morgan fingerprint density at radius 1 is 1.55 bits per heavy atom. The number of urea groups is 1. The highest BCUT2D eigenvalue weighted by Gasteiger charge is 2.20. The highest BCUT2D eigenvalue weighted by Crippen LogP contribution is 2.08. The van der Waals surface area contributed by atoms with Crippen LogP contribution < -0.4 is 11.5 Å². The van der Waals surface area contributed by atoms with Gasteiger partial charge in [0.2, 0.25) is 5.76 Å². The minimum Gasteiger partial charge on any atom is -0.465 e. The summed E-state index contributed by atoms with van der Waals surface area (Å²) in [6.07, 6.45) is 1.17. The molecule has 0 fully saturated rings. The molecular formula is C5H7N3O3. The van der Waals surface area contributed by atoms with E-state index >= 15 is 0 Å². The minimum atomic E-state index is -0.714. The second-order valence-corrected chi connectivity index (χ2v) is 1.94. The van der Waals surface area contributed by atoms with Crippen LogP contribution in [0.25, 0.3) is 0 Å². The zero-order chi connectivity index (χ0) is 8.43. The first kappa shape index (κ1) is 7.39. The third-order valence-electron chi connectivity index (χ3n) is 1.16. The van der Waals surface area contributed by atoms with Gasteiger partial charge in [-0.3, -0.25) is 9.69 Å². The van der Waals surface area contributed by atoms with Gasteiger partial charge in [0.25, 0.3) is 5.91 Å². The molecular weight excluding hydrogens is 150 g/mol. The monoisotopic (exact) mass is 157 g/mol. The number of rotatable bonds is 1. The summed E-state index contributed by atoms with van der Waals surface area (Å²) < 4.78 is 4.70. The average Bonchev–Trinajstić information content (AvgIpc) is 2.33. The van der Waals surface area contributed by atoms with Crippen molar-refractivity contribution in [2.75, 3.05) is 6.73 Å². The number of amides is 3. The van der Waals surface area contributed by atoms with E-state index in [9.17, 15) is 9.59 Å². The van der Waals surface area contributed by atoms with Gasteiger partial charge in [0, 0.05) is 0 Å². The second kappa shape index (κ2) is 2.49. The maximum Gasteiger partial charge on any atom is 0.321 e. The molecule has 4 N–H and O–H groups in total. The number of primary amides is 2. The average molecular weight is 157 g/mol. The highest BCUT2D eigenvalue weighted by molar-refractivity contribution is 5.91. The van der Waals surface area contributed by atoms with Crippen LogP contribution in [0.1, 0.15) is 0 Å². The van der Waals surface area contributed by atoms with E-state index < -0.39 is 11.9 Å². The summed E-state index contributed by atoms with van der Waals surface area (Å²) in [5.74, 6) is -0.766. The standard InChI is InChI=1S/C5H7N3O3/c6-4(9)3-1-8(2-11-3)5(7)10/h1H,2H2,(H2,6,9)(H2,7,10). The van der Waals surface area contributed by atoms with E-state index in [0.717, 1.165) is 4.90 Å². The molecule has 11 heavy (non-hydrogen) atoms. The number of ether oxygens (including phenoxy) is 1. The number of hydrogen-bond donors (Lipinski definition) is 2. The van der Waals surface area contributed by atoms with Gasteiger partial charge in [0.15, 0.2) is 6.73 Å². The molecule has 0 bridgehead atoms. The highest BCUT2D eigenvalue weighted by atomic mass is 16.5. The minimum absolute atomic E-state index is 0.0480. The zero-order valence-corrected chi connectivity index (χ0v) is 5.61. The lowest BCUT2D eigenvalue weighted by Gasteiger charge is -2.05. The van der Waals surface area contributed by atoms with Crippen molar-refractivity contribution in [3.8, 4) is 0 Å². The van der Waals surface area contributed by atoms with Crippen molar-refractivity contribution in [3.05, 3.63) is 12.0 Å². The molecule has 6 heteroatoms. The normalized spacial score (nSPS) is 15.6. The van der Waals surface area contributed by atoms with Crippen LogP contribution in [0.2, 0.25) is 0 Å². The molecule has 0 radical (unpaired) electrons. The Labute approximate surface area is 62.4 Å². The third-order valence-corrected chi connectivity index (χ3v) is 1.16. The van der Waals surface area contributed by atoms with Crippen LogP contribution in [0, 0.1) is 0 Å². The van der Waals surface area contributed by atoms with Crippen LogP contribution in [0.5, 0.6) is 0 Å². The predicted molar refractivity (Wildman–Crippen MR) is 34.7 cm³/mol. The molecule has 1 rings (SSSR count). The molecule has 0 aliphatic carbocycles. The third kappa shape index (κ3) is 1.40. The number of nitrogens with two attached hydrogens (primary N) is 2. The first-order chi connectivity index (χ1) is 5.11. The van der Waals surface area contributed by atoms with Crippen LogP contribution in [0.4, 0.5) is 4.79 Å². The zero-order valence-electron chi connectivity index (χ0n) is 5.61. The molecule has 0 saturated heterocycles. The van der Waals surface area contributed by atoms with E-state index in [1.165, 1.54) is 6.20 Å². The van der Waals surface area contributed by atoms with E-state index in [1.54, 1.807) is 0 Å². The summed E-state index contributed by atoms with van der Waals surface area (Å²) in [5.41, 5.74) is 9.72. The molecule has 60 valence electrons. The smallest absolute Gasteiger partial charge is 0.321 e. The van der Waals surface area contributed by atoms with Gasteiger partial charge in [0.1, 0.15) is 0 Å². The Hall–Kier alpha value is -1.72. The summed E-state index contributed by atoms with van der Waals surface area (Å²) in [5, 5.41) is 0. The largest absolute Gasteiger partial charge is 0.465 e. The van der Waals surface area contributed by atoms with Gasteiger partial charge in [-0.2, -0.15) is 0 Å². The van der Waals surface area contributed by atoms with Crippen LogP contribution in [0.3, 0.4) is 0 Å². The summed E-state index contributed by atoms with van der Waals surface area (Å²) in [7, 11) is 0. The van der Waals surface area contributed by atoms with Gasteiger partial charge in [0.05, 0.1) is 6.20 Å². The van der Waals surface area contributed by atoms with Gasteiger partial charge >= 0.3 is 6.03 Å². The second-order valence-electron chi connectivity index (χ2n) is 1.94. The van der Waals surface area contributed by atoms with Crippen molar-refractivity contribution in [1.82, 2.24) is 4.90 Å². The van der Waals surface area contributed by atoms with Crippen LogP contribution in [-0.4, -0.2) is 23.6 Å². The number of carbonyl (C=O) groups is 2. The first-order valence-electron chi connectivity index (χ1n) is 2.82. The summed E-state index contributed by atoms with van der Waals surface area (Å²) in [6.45, 7) is -0.0480. The van der Waals surface area contributed by atoms with Gasteiger partial charge in [-0.15, -0.1) is 0 Å². The lowest BCUT2D eigenvalue weighted by molar-refractivity contribution is -0.117. The molecule has 0 aromatic carbocycles. The number of carbonyl (C=O) groups excluding carboxylic acids is 2. The molecule has 1 aliphatic rings. The van der Waals surface area contributed by atoms with Crippen molar-refractivity contribution in [2.45, 2.75) is 0 Å².